The molecule has 0 amide bonds. The van der Waals surface area contributed by atoms with Gasteiger partial charge >= 0.3 is 0 Å². The molecule has 0 saturated carbocycles. The fraction of sp³-hybridized carbons (Fsp3) is 0.250. The van der Waals surface area contributed by atoms with Gasteiger partial charge in [0.2, 0.25) is 0 Å². The molecular weight excluding hydrogens is 831 g/mol. The second-order valence-corrected chi connectivity index (χ2v) is 1.08. The molecule has 0 aliphatic heterocycles. The smallest absolute Gasteiger partial charge is 0 e. The first-order valence-corrected chi connectivity index (χ1v) is 2.91. The standard InChI is InChI=1S/C6H5.C2H6.4W/c1-2-4-6-5-3-1;1-2;;;;/h1-5H;1-2H3;;;;/q-1;;;;;. The Morgan fingerprint density at radius 3 is 1.08 bits per heavy atom. The van der Waals surface area contributed by atoms with Gasteiger partial charge in [-0.15, -0.1) is 0 Å². The van der Waals surface area contributed by atoms with Gasteiger partial charge < -0.3 is 0 Å². The monoisotopic (exact) mass is 843 g/mol. The molecule has 0 spiro atoms. The summed E-state index contributed by atoms with van der Waals surface area (Å²) in [5, 5.41) is 0. The molecule has 0 fully saturated rings. The zero-order valence-corrected chi connectivity index (χ0v) is 18.8. The zero-order valence-electron chi connectivity index (χ0n) is 7.02. The van der Waals surface area contributed by atoms with Crippen molar-refractivity contribution in [1.82, 2.24) is 0 Å². The minimum absolute atomic E-state index is 0. The van der Waals surface area contributed by atoms with Crippen molar-refractivity contribution in [3.8, 4) is 0 Å². The minimum atomic E-state index is 0. The van der Waals surface area contributed by atoms with Crippen molar-refractivity contribution >= 4 is 0 Å². The van der Waals surface area contributed by atoms with E-state index in [2.05, 4.69) is 6.07 Å². The van der Waals surface area contributed by atoms with Crippen LogP contribution in [0.4, 0.5) is 0 Å². The van der Waals surface area contributed by atoms with Crippen molar-refractivity contribution in [2.24, 2.45) is 0 Å². The molecule has 4 heteroatoms. The summed E-state index contributed by atoms with van der Waals surface area (Å²) in [6, 6.07) is 12.5. The van der Waals surface area contributed by atoms with Crippen LogP contribution in [0.5, 0.6) is 0 Å². The molecular formula is C8H11W4-. The van der Waals surface area contributed by atoms with Crippen molar-refractivity contribution in [2.45, 2.75) is 13.8 Å². The molecule has 0 bridgehead atoms. The Morgan fingerprint density at radius 1 is 0.667 bits per heavy atom. The topological polar surface area (TPSA) is 0 Å². The molecule has 1 aromatic rings. The van der Waals surface area contributed by atoms with Gasteiger partial charge in [0.1, 0.15) is 0 Å². The molecule has 0 atom stereocenters. The number of hydrogen-bond acceptors (Lipinski definition) is 0. The third-order valence-corrected chi connectivity index (χ3v) is 0.607. The van der Waals surface area contributed by atoms with E-state index in [1.807, 2.05) is 44.2 Å². The summed E-state index contributed by atoms with van der Waals surface area (Å²) in [5.41, 5.74) is 0. The van der Waals surface area contributed by atoms with E-state index >= 15 is 0 Å². The van der Waals surface area contributed by atoms with E-state index in [0.29, 0.717) is 0 Å². The maximum atomic E-state index is 2.89. The van der Waals surface area contributed by atoms with E-state index < -0.39 is 0 Å². The molecule has 68 valence electrons. The number of benzene rings is 1. The molecule has 0 nitrogen and oxygen atoms in total. The van der Waals surface area contributed by atoms with Gasteiger partial charge in [-0.2, -0.15) is 36.4 Å². The van der Waals surface area contributed by atoms with E-state index in [4.69, 9.17) is 0 Å². The van der Waals surface area contributed by atoms with Crippen LogP contribution in [0.2, 0.25) is 0 Å². The van der Waals surface area contributed by atoms with Crippen molar-refractivity contribution in [3.05, 3.63) is 36.4 Å². The molecule has 0 aromatic heterocycles. The summed E-state index contributed by atoms with van der Waals surface area (Å²) in [7, 11) is 0. The van der Waals surface area contributed by atoms with Crippen LogP contribution >= 0.6 is 0 Å². The Bertz CT molecular complexity index is 83.0. The summed E-state index contributed by atoms with van der Waals surface area (Å²) in [6.45, 7) is 4.00. The molecule has 0 N–H and O–H groups in total. The Kier molecular flexibility index (Phi) is 71.2. The average Bonchev–Trinajstić information content (AvgIpc) is 1.96. The molecule has 0 aliphatic rings. The molecule has 0 aliphatic carbocycles. The summed E-state index contributed by atoms with van der Waals surface area (Å²) in [4.78, 5) is 0. The molecule has 0 heterocycles. The Labute approximate surface area is 133 Å². The summed E-state index contributed by atoms with van der Waals surface area (Å²) in [6.07, 6.45) is 0. The van der Waals surface area contributed by atoms with Gasteiger partial charge in [0, 0.05) is 84.3 Å². The first-order valence-electron chi connectivity index (χ1n) is 2.91. The first-order chi connectivity index (χ1) is 4.00. The maximum Gasteiger partial charge on any atom is 0 e. The fourth-order valence-corrected chi connectivity index (χ4v) is 0.342. The van der Waals surface area contributed by atoms with Crippen LogP contribution in [-0.4, -0.2) is 0 Å². The number of hydrogen-bond donors (Lipinski definition) is 0. The largest absolute Gasteiger partial charge is 0.184 e. The van der Waals surface area contributed by atoms with Gasteiger partial charge in [-0.1, -0.05) is 13.8 Å². The van der Waals surface area contributed by atoms with Gasteiger partial charge in [-0.3, -0.25) is 0 Å². The third-order valence-electron chi connectivity index (χ3n) is 0.607. The van der Waals surface area contributed by atoms with Crippen LogP contribution < -0.4 is 0 Å². The van der Waals surface area contributed by atoms with Gasteiger partial charge in [-0.05, 0) is 0 Å². The predicted octanol–water partition coefficient (Wildman–Crippen LogP) is 2.50. The first kappa shape index (κ1) is 29.2. The minimum Gasteiger partial charge on any atom is -0.184 e. The van der Waals surface area contributed by atoms with Gasteiger partial charge in [0.05, 0.1) is 0 Å². The summed E-state index contributed by atoms with van der Waals surface area (Å²) in [5.74, 6) is 0. The quantitative estimate of drug-likeness (QED) is 0.353. The van der Waals surface area contributed by atoms with Crippen molar-refractivity contribution < 1.29 is 84.3 Å². The van der Waals surface area contributed by atoms with Crippen molar-refractivity contribution in [1.29, 1.82) is 0 Å². The summed E-state index contributed by atoms with van der Waals surface area (Å²) >= 11 is 0. The fourth-order valence-electron chi connectivity index (χ4n) is 0.342. The van der Waals surface area contributed by atoms with E-state index in [1.54, 1.807) is 0 Å². The molecule has 0 saturated heterocycles. The predicted molar refractivity (Wildman–Crippen MR) is 36.6 cm³/mol. The van der Waals surface area contributed by atoms with E-state index in [1.165, 1.54) is 0 Å². The number of rotatable bonds is 0. The Morgan fingerprint density at radius 2 is 1.00 bits per heavy atom. The molecule has 0 unspecified atom stereocenters. The maximum absolute atomic E-state index is 2.89. The second-order valence-electron chi connectivity index (χ2n) is 1.08. The van der Waals surface area contributed by atoms with Crippen molar-refractivity contribution in [2.75, 3.05) is 0 Å². The summed E-state index contributed by atoms with van der Waals surface area (Å²) < 4.78 is 0. The van der Waals surface area contributed by atoms with E-state index in [0.717, 1.165) is 0 Å². The molecule has 1 rings (SSSR count). The van der Waals surface area contributed by atoms with Crippen LogP contribution in [-0.2, 0) is 84.3 Å². The van der Waals surface area contributed by atoms with Crippen LogP contribution in [0.25, 0.3) is 0 Å². The molecule has 0 radical (unpaired) electrons. The van der Waals surface area contributed by atoms with Crippen LogP contribution in [0.1, 0.15) is 13.8 Å². The van der Waals surface area contributed by atoms with E-state index in [9.17, 15) is 0 Å². The molecule has 12 heavy (non-hydrogen) atoms. The van der Waals surface area contributed by atoms with Crippen LogP contribution in [0.3, 0.4) is 0 Å². The van der Waals surface area contributed by atoms with Crippen molar-refractivity contribution in [3.63, 3.8) is 0 Å². The van der Waals surface area contributed by atoms with Gasteiger partial charge in [0.25, 0.3) is 0 Å². The van der Waals surface area contributed by atoms with Crippen LogP contribution in [0.15, 0.2) is 30.3 Å². The average molecular weight is 843 g/mol. The second kappa shape index (κ2) is 29.3. The normalized spacial score (nSPS) is 4.50. The Hall–Kier alpha value is 1.97. The zero-order chi connectivity index (χ0) is 6.24. The third kappa shape index (κ3) is 22.7. The Balaban J connectivity index is -0.0000000257. The van der Waals surface area contributed by atoms with Gasteiger partial charge in [0.15, 0.2) is 0 Å². The van der Waals surface area contributed by atoms with Gasteiger partial charge in [-0.25, -0.2) is 0 Å². The van der Waals surface area contributed by atoms with E-state index in [-0.39, 0.29) is 84.3 Å². The SMILES string of the molecule is CC.[W].[W].[W].[W].[c-]1ccccc1. The van der Waals surface area contributed by atoms with Crippen LogP contribution in [0, 0.1) is 6.07 Å². The molecule has 1 aromatic carbocycles.